The number of Topliss-reactive ketones (excluding diaryl/α,β-unsaturated/α-hetero) is 1. The molecule has 3 heterocycles. The second kappa shape index (κ2) is 9.90. The summed E-state index contributed by atoms with van der Waals surface area (Å²) < 4.78 is 10.3. The largest absolute Gasteiger partial charge is 0.507 e. The number of aryl methyl sites for hydroxylation is 1. The molecule has 0 bridgehead atoms. The van der Waals surface area contributed by atoms with Gasteiger partial charge in [-0.15, -0.1) is 0 Å². The number of amides is 1. The first-order valence-corrected chi connectivity index (χ1v) is 11.3. The number of ether oxygens (including phenoxy) is 2. The van der Waals surface area contributed by atoms with Gasteiger partial charge in [0.1, 0.15) is 23.0 Å². The Hall–Kier alpha value is -4.31. The third-order valence-corrected chi connectivity index (χ3v) is 6.43. The number of benzene rings is 1. The van der Waals surface area contributed by atoms with Crippen molar-refractivity contribution in [3.05, 3.63) is 88.7 Å². The minimum Gasteiger partial charge on any atom is -0.507 e. The van der Waals surface area contributed by atoms with E-state index in [1.807, 2.05) is 0 Å². The van der Waals surface area contributed by atoms with Crippen LogP contribution in [-0.2, 0) is 14.3 Å². The molecule has 1 aliphatic rings. The lowest BCUT2D eigenvalue weighted by Gasteiger charge is -2.22. The van der Waals surface area contributed by atoms with Crippen molar-refractivity contribution >= 4 is 39.9 Å². The average Bonchev–Trinajstić information content (AvgIpc) is 3.39. The van der Waals surface area contributed by atoms with Gasteiger partial charge in [-0.25, -0.2) is 9.78 Å². The molecule has 1 N–H and O–H groups in total. The molecule has 1 atom stereocenters. The average molecular weight is 492 g/mol. The molecule has 178 valence electrons. The minimum atomic E-state index is -1.02. The molecule has 1 unspecified atom stereocenters. The molecule has 0 aliphatic carbocycles. The highest BCUT2D eigenvalue weighted by atomic mass is 32.1. The lowest BCUT2D eigenvalue weighted by molar-refractivity contribution is -0.132. The van der Waals surface area contributed by atoms with Gasteiger partial charge in [0.25, 0.3) is 5.78 Å². The Balaban J connectivity index is 1.87. The number of carbonyl (C=O) groups is 3. The molecule has 10 heteroatoms. The van der Waals surface area contributed by atoms with Crippen LogP contribution in [0.5, 0.6) is 5.75 Å². The second-order valence-corrected chi connectivity index (χ2v) is 8.46. The van der Waals surface area contributed by atoms with Crippen LogP contribution in [0.15, 0.2) is 67.0 Å². The van der Waals surface area contributed by atoms with Crippen LogP contribution in [0.3, 0.4) is 0 Å². The number of pyridine rings is 1. The number of ketones is 1. The Morgan fingerprint density at radius 3 is 2.77 bits per heavy atom. The minimum absolute atomic E-state index is 0.0201. The molecule has 4 rings (SSSR count). The first-order chi connectivity index (χ1) is 16.9. The van der Waals surface area contributed by atoms with Gasteiger partial charge in [-0.05, 0) is 30.7 Å². The number of anilines is 1. The van der Waals surface area contributed by atoms with E-state index in [9.17, 15) is 19.5 Å². The lowest BCUT2D eigenvalue weighted by Crippen LogP contribution is -2.29. The number of nitrogens with zero attached hydrogens (tertiary/aromatic N) is 3. The van der Waals surface area contributed by atoms with Crippen molar-refractivity contribution in [3.63, 3.8) is 0 Å². The van der Waals surface area contributed by atoms with Crippen LogP contribution in [0, 0.1) is 6.92 Å². The van der Waals surface area contributed by atoms with Crippen LogP contribution in [0.2, 0.25) is 0 Å². The van der Waals surface area contributed by atoms with E-state index in [0.717, 1.165) is 11.3 Å². The van der Waals surface area contributed by atoms with Crippen LogP contribution < -0.4 is 9.64 Å². The Bertz CT molecular complexity index is 1350. The third-order valence-electron chi connectivity index (χ3n) is 5.30. The molecule has 0 saturated carbocycles. The summed E-state index contributed by atoms with van der Waals surface area (Å²) in [5, 5.41) is 11.3. The molecule has 1 aliphatic heterocycles. The van der Waals surface area contributed by atoms with E-state index in [0.29, 0.717) is 22.6 Å². The summed E-state index contributed by atoms with van der Waals surface area (Å²) in [7, 11) is 1.48. The maximum atomic E-state index is 13.2. The second-order valence-electron chi connectivity index (χ2n) is 7.49. The number of hydrogen-bond donors (Lipinski definition) is 1. The molecule has 0 radical (unpaired) electrons. The number of aromatic nitrogens is 2. The predicted molar refractivity (Wildman–Crippen MR) is 129 cm³/mol. The van der Waals surface area contributed by atoms with Gasteiger partial charge in [0, 0.05) is 18.0 Å². The van der Waals surface area contributed by atoms with Crippen LogP contribution in [0.4, 0.5) is 5.13 Å². The SMILES string of the molecule is C=CCOC(=O)c1sc(N2C(=O)C(=O)/C(=C(/O)c3cccc(OC)c3)C2c2cccnc2)nc1C. The van der Waals surface area contributed by atoms with E-state index in [-0.39, 0.29) is 27.9 Å². The molecular formula is C25H21N3O6S. The molecule has 0 spiro atoms. The number of hydrogen-bond acceptors (Lipinski definition) is 9. The maximum absolute atomic E-state index is 13.2. The Morgan fingerprint density at radius 2 is 2.09 bits per heavy atom. The Kier molecular flexibility index (Phi) is 6.74. The molecule has 1 fully saturated rings. The number of aliphatic hydroxyl groups excluding tert-OH is 1. The summed E-state index contributed by atoms with van der Waals surface area (Å²) in [6, 6.07) is 8.85. The van der Waals surface area contributed by atoms with Gasteiger partial charge in [-0.3, -0.25) is 19.5 Å². The van der Waals surface area contributed by atoms with Gasteiger partial charge in [-0.2, -0.15) is 0 Å². The fraction of sp³-hybridized carbons (Fsp3) is 0.160. The molecule has 1 saturated heterocycles. The number of carbonyl (C=O) groups excluding carboxylic acids is 3. The van der Waals surface area contributed by atoms with Crippen molar-refractivity contribution in [1.29, 1.82) is 0 Å². The van der Waals surface area contributed by atoms with Crippen LogP contribution >= 0.6 is 11.3 Å². The zero-order valence-electron chi connectivity index (χ0n) is 18.9. The van der Waals surface area contributed by atoms with Gasteiger partial charge in [-0.1, -0.05) is 42.2 Å². The maximum Gasteiger partial charge on any atom is 0.350 e. The van der Waals surface area contributed by atoms with Crippen molar-refractivity contribution in [2.45, 2.75) is 13.0 Å². The number of methoxy groups -OCH3 is 1. The van der Waals surface area contributed by atoms with Gasteiger partial charge in [0.2, 0.25) is 0 Å². The monoisotopic (exact) mass is 491 g/mol. The van der Waals surface area contributed by atoms with Crippen LogP contribution in [-0.4, -0.2) is 46.5 Å². The fourth-order valence-corrected chi connectivity index (χ4v) is 4.67. The number of aliphatic hydroxyl groups is 1. The number of thiazole rings is 1. The molecular weight excluding hydrogens is 470 g/mol. The van der Waals surface area contributed by atoms with Crippen LogP contribution in [0.25, 0.3) is 5.76 Å². The standard InChI is InChI=1S/C25H21N3O6S/c1-4-11-34-24(32)22-14(2)27-25(35-22)28-19(16-8-6-10-26-13-16)18(21(30)23(28)31)20(29)15-7-5-9-17(12-15)33-3/h4-10,12-13,19,29H,1,11H2,2-3H3/b20-18+. The zero-order chi connectivity index (χ0) is 25.1. The Morgan fingerprint density at radius 1 is 1.29 bits per heavy atom. The molecule has 9 nitrogen and oxygen atoms in total. The molecule has 2 aromatic heterocycles. The summed E-state index contributed by atoms with van der Waals surface area (Å²) in [6.07, 6.45) is 4.50. The van der Waals surface area contributed by atoms with E-state index >= 15 is 0 Å². The van der Waals surface area contributed by atoms with E-state index < -0.39 is 23.7 Å². The van der Waals surface area contributed by atoms with E-state index in [1.165, 1.54) is 24.3 Å². The van der Waals surface area contributed by atoms with Gasteiger partial charge >= 0.3 is 11.9 Å². The number of esters is 1. The van der Waals surface area contributed by atoms with Crippen molar-refractivity contribution in [1.82, 2.24) is 9.97 Å². The highest BCUT2D eigenvalue weighted by Gasteiger charge is 2.48. The smallest absolute Gasteiger partial charge is 0.350 e. The van der Waals surface area contributed by atoms with Gasteiger partial charge in [0.05, 0.1) is 24.4 Å². The number of rotatable bonds is 7. The highest BCUT2D eigenvalue weighted by molar-refractivity contribution is 7.17. The summed E-state index contributed by atoms with van der Waals surface area (Å²) >= 11 is 0.923. The first-order valence-electron chi connectivity index (χ1n) is 10.5. The normalized spacial score (nSPS) is 16.9. The van der Waals surface area contributed by atoms with Crippen molar-refractivity contribution in [2.24, 2.45) is 0 Å². The Labute approximate surface area is 205 Å². The molecule has 1 amide bonds. The van der Waals surface area contributed by atoms with E-state index in [2.05, 4.69) is 16.5 Å². The molecule has 1 aromatic carbocycles. The van der Waals surface area contributed by atoms with Crippen molar-refractivity contribution < 1.29 is 29.0 Å². The summed E-state index contributed by atoms with van der Waals surface area (Å²) in [5.41, 5.74) is 1.01. The summed E-state index contributed by atoms with van der Waals surface area (Å²) in [5.74, 6) is -2.28. The molecule has 3 aromatic rings. The fourth-order valence-electron chi connectivity index (χ4n) is 3.68. The van der Waals surface area contributed by atoms with Gasteiger partial charge < -0.3 is 14.6 Å². The zero-order valence-corrected chi connectivity index (χ0v) is 19.7. The first kappa shape index (κ1) is 23.8. The topological polar surface area (TPSA) is 119 Å². The highest BCUT2D eigenvalue weighted by Crippen LogP contribution is 2.43. The predicted octanol–water partition coefficient (Wildman–Crippen LogP) is 3.82. The van der Waals surface area contributed by atoms with Crippen molar-refractivity contribution in [2.75, 3.05) is 18.6 Å². The van der Waals surface area contributed by atoms with E-state index in [4.69, 9.17) is 9.47 Å². The summed E-state index contributed by atoms with van der Waals surface area (Å²) in [6.45, 7) is 5.14. The quantitative estimate of drug-likeness (QED) is 0.174. The lowest BCUT2D eigenvalue weighted by atomic mass is 9.96. The van der Waals surface area contributed by atoms with Crippen LogP contribution in [0.1, 0.15) is 32.5 Å². The van der Waals surface area contributed by atoms with E-state index in [1.54, 1.807) is 49.5 Å². The molecule has 35 heavy (non-hydrogen) atoms. The van der Waals surface area contributed by atoms with Gasteiger partial charge in [0.15, 0.2) is 5.13 Å². The third kappa shape index (κ3) is 4.43. The van der Waals surface area contributed by atoms with Crippen molar-refractivity contribution in [3.8, 4) is 5.75 Å². The summed E-state index contributed by atoms with van der Waals surface area (Å²) in [4.78, 5) is 48.8.